The lowest BCUT2D eigenvalue weighted by molar-refractivity contribution is 0.591. The number of aromatic nitrogens is 1. The van der Waals surface area contributed by atoms with Crippen molar-refractivity contribution in [3.8, 4) is 0 Å². The van der Waals surface area contributed by atoms with E-state index in [4.69, 9.17) is 0 Å². The van der Waals surface area contributed by atoms with Crippen LogP contribution in [0.2, 0.25) is 0 Å². The van der Waals surface area contributed by atoms with E-state index in [2.05, 4.69) is 4.98 Å². The first-order chi connectivity index (χ1) is 8.49. The van der Waals surface area contributed by atoms with Gasteiger partial charge < -0.3 is 0 Å². The minimum Gasteiger partial charge on any atom is -0.245 e. The highest BCUT2D eigenvalue weighted by molar-refractivity contribution is 7.90. The van der Waals surface area contributed by atoms with Gasteiger partial charge in [-0.05, 0) is 42.7 Å². The third-order valence-electron chi connectivity index (χ3n) is 2.88. The minimum absolute atomic E-state index is 0.00880. The van der Waals surface area contributed by atoms with Gasteiger partial charge >= 0.3 is 0 Å². The first-order valence-corrected chi connectivity index (χ1v) is 7.34. The Balaban J connectivity index is 2.31. The second-order valence-corrected chi connectivity index (χ2v) is 6.28. The number of rotatable bonds is 3. The van der Waals surface area contributed by atoms with Gasteiger partial charge in [0.1, 0.15) is 0 Å². The lowest BCUT2D eigenvalue weighted by Crippen LogP contribution is -2.07. The lowest BCUT2D eigenvalue weighted by Gasteiger charge is -2.06. The molecule has 0 N–H and O–H groups in total. The zero-order valence-electron chi connectivity index (χ0n) is 10.4. The van der Waals surface area contributed by atoms with Crippen molar-refractivity contribution in [1.29, 1.82) is 0 Å². The van der Waals surface area contributed by atoms with Gasteiger partial charge in [0.2, 0.25) is 0 Å². The Morgan fingerprint density at radius 1 is 1.06 bits per heavy atom. The van der Waals surface area contributed by atoms with Crippen LogP contribution in [0.5, 0.6) is 0 Å². The summed E-state index contributed by atoms with van der Waals surface area (Å²) in [5, 5.41) is 0.128. The second kappa shape index (κ2) is 4.90. The van der Waals surface area contributed by atoms with Gasteiger partial charge in [-0.1, -0.05) is 24.3 Å². The van der Waals surface area contributed by atoms with E-state index < -0.39 is 9.84 Å². The monoisotopic (exact) mass is 261 g/mol. The number of benzene rings is 1. The topological polar surface area (TPSA) is 47.0 Å². The fraction of sp³-hybridized carbons (Fsp3) is 0.214. The highest BCUT2D eigenvalue weighted by Crippen LogP contribution is 2.16. The van der Waals surface area contributed by atoms with Gasteiger partial charge in [0.15, 0.2) is 14.9 Å². The van der Waals surface area contributed by atoms with Crippen molar-refractivity contribution in [3.05, 3.63) is 59.3 Å². The summed E-state index contributed by atoms with van der Waals surface area (Å²) in [7, 11) is -3.35. The van der Waals surface area contributed by atoms with Crippen molar-refractivity contribution in [2.24, 2.45) is 0 Å². The van der Waals surface area contributed by atoms with E-state index in [-0.39, 0.29) is 10.8 Å². The molecule has 0 aliphatic heterocycles. The fourth-order valence-corrected chi connectivity index (χ4v) is 2.99. The van der Waals surface area contributed by atoms with Gasteiger partial charge in [-0.3, -0.25) is 0 Å². The standard InChI is InChI=1S/C14H15NO2S/c1-11-6-7-13(9-12(11)2)10-18(16,17)14-5-3-4-8-15-14/h3-9H,10H2,1-2H3. The summed E-state index contributed by atoms with van der Waals surface area (Å²) in [6.45, 7) is 3.98. The molecule has 0 aliphatic carbocycles. The van der Waals surface area contributed by atoms with Crippen LogP contribution in [0.3, 0.4) is 0 Å². The molecule has 94 valence electrons. The van der Waals surface area contributed by atoms with Gasteiger partial charge in [0, 0.05) is 6.20 Å². The number of pyridine rings is 1. The van der Waals surface area contributed by atoms with Crippen LogP contribution in [0.15, 0.2) is 47.6 Å². The molecule has 0 unspecified atom stereocenters. The number of nitrogens with zero attached hydrogens (tertiary/aromatic N) is 1. The Kier molecular flexibility index (Phi) is 3.48. The quantitative estimate of drug-likeness (QED) is 0.853. The first kappa shape index (κ1) is 12.8. The van der Waals surface area contributed by atoms with E-state index in [1.807, 2.05) is 32.0 Å². The van der Waals surface area contributed by atoms with Gasteiger partial charge in [-0.2, -0.15) is 0 Å². The number of hydrogen-bond acceptors (Lipinski definition) is 3. The van der Waals surface area contributed by atoms with Gasteiger partial charge in [0.25, 0.3) is 0 Å². The molecule has 0 radical (unpaired) electrons. The molecular formula is C14H15NO2S. The fourth-order valence-electron chi connectivity index (χ4n) is 1.72. The van der Waals surface area contributed by atoms with Crippen molar-refractivity contribution in [2.45, 2.75) is 24.6 Å². The van der Waals surface area contributed by atoms with E-state index in [1.165, 1.54) is 12.3 Å². The molecule has 3 nitrogen and oxygen atoms in total. The average molecular weight is 261 g/mol. The van der Waals surface area contributed by atoms with Crippen LogP contribution < -0.4 is 0 Å². The smallest absolute Gasteiger partial charge is 0.199 e. The van der Waals surface area contributed by atoms with E-state index in [1.54, 1.807) is 12.1 Å². The highest BCUT2D eigenvalue weighted by Gasteiger charge is 2.16. The molecule has 0 bridgehead atoms. The molecule has 4 heteroatoms. The number of sulfone groups is 1. The molecule has 0 aliphatic rings. The molecule has 1 aromatic carbocycles. The zero-order chi connectivity index (χ0) is 13.2. The summed E-state index contributed by atoms with van der Waals surface area (Å²) in [6.07, 6.45) is 1.49. The Morgan fingerprint density at radius 3 is 2.44 bits per heavy atom. The van der Waals surface area contributed by atoms with Crippen LogP contribution in [0.25, 0.3) is 0 Å². The van der Waals surface area contributed by atoms with Gasteiger partial charge in [0.05, 0.1) is 5.75 Å². The molecule has 2 rings (SSSR count). The van der Waals surface area contributed by atoms with E-state index in [0.29, 0.717) is 0 Å². The van der Waals surface area contributed by atoms with Crippen LogP contribution in [0, 0.1) is 13.8 Å². The summed E-state index contributed by atoms with van der Waals surface area (Å²) in [6, 6.07) is 10.6. The Labute approximate surface area is 107 Å². The minimum atomic E-state index is -3.35. The molecule has 0 atom stereocenters. The predicted molar refractivity (Wildman–Crippen MR) is 71.0 cm³/mol. The van der Waals surface area contributed by atoms with E-state index in [9.17, 15) is 8.42 Å². The molecule has 1 aromatic heterocycles. The number of hydrogen-bond donors (Lipinski definition) is 0. The molecule has 0 fully saturated rings. The summed E-state index contributed by atoms with van der Waals surface area (Å²) in [5.41, 5.74) is 3.06. The number of aryl methyl sites for hydroxylation is 2. The highest BCUT2D eigenvalue weighted by atomic mass is 32.2. The van der Waals surface area contributed by atoms with Crippen LogP contribution in [-0.2, 0) is 15.6 Å². The normalized spacial score (nSPS) is 11.4. The average Bonchev–Trinajstić information content (AvgIpc) is 2.35. The first-order valence-electron chi connectivity index (χ1n) is 5.69. The van der Waals surface area contributed by atoms with Crippen molar-refractivity contribution in [1.82, 2.24) is 4.98 Å². The maximum absolute atomic E-state index is 12.1. The van der Waals surface area contributed by atoms with Crippen molar-refractivity contribution < 1.29 is 8.42 Å². The molecule has 0 saturated heterocycles. The van der Waals surface area contributed by atoms with Crippen LogP contribution >= 0.6 is 0 Å². The molecule has 0 spiro atoms. The third-order valence-corrected chi connectivity index (χ3v) is 4.48. The maximum atomic E-state index is 12.1. The summed E-state index contributed by atoms with van der Waals surface area (Å²) < 4.78 is 24.3. The predicted octanol–water partition coefficient (Wildman–Crippen LogP) is 2.67. The molecule has 1 heterocycles. The van der Waals surface area contributed by atoms with Crippen molar-refractivity contribution in [3.63, 3.8) is 0 Å². The second-order valence-electron chi connectivity index (χ2n) is 4.35. The molecular weight excluding hydrogens is 246 g/mol. The molecule has 2 aromatic rings. The SMILES string of the molecule is Cc1ccc(CS(=O)(=O)c2ccccn2)cc1C. The Bertz CT molecular complexity index is 649. The van der Waals surface area contributed by atoms with Crippen LogP contribution in [-0.4, -0.2) is 13.4 Å². The summed E-state index contributed by atoms with van der Waals surface area (Å²) in [5.74, 6) is -0.00880. The van der Waals surface area contributed by atoms with Crippen LogP contribution in [0.1, 0.15) is 16.7 Å². The van der Waals surface area contributed by atoms with Crippen molar-refractivity contribution >= 4 is 9.84 Å². The van der Waals surface area contributed by atoms with E-state index in [0.717, 1.165) is 16.7 Å². The Hall–Kier alpha value is -1.68. The molecule has 18 heavy (non-hydrogen) atoms. The maximum Gasteiger partial charge on any atom is 0.199 e. The van der Waals surface area contributed by atoms with Crippen molar-refractivity contribution in [2.75, 3.05) is 0 Å². The van der Waals surface area contributed by atoms with Crippen LogP contribution in [0.4, 0.5) is 0 Å². The molecule has 0 saturated carbocycles. The zero-order valence-corrected chi connectivity index (χ0v) is 11.2. The van der Waals surface area contributed by atoms with Gasteiger partial charge in [-0.25, -0.2) is 13.4 Å². The largest absolute Gasteiger partial charge is 0.245 e. The van der Waals surface area contributed by atoms with E-state index >= 15 is 0 Å². The molecule has 0 amide bonds. The third kappa shape index (κ3) is 2.76. The summed E-state index contributed by atoms with van der Waals surface area (Å²) in [4.78, 5) is 3.90. The Morgan fingerprint density at radius 2 is 1.83 bits per heavy atom. The van der Waals surface area contributed by atoms with Gasteiger partial charge in [-0.15, -0.1) is 0 Å². The lowest BCUT2D eigenvalue weighted by atomic mass is 10.1. The summed E-state index contributed by atoms with van der Waals surface area (Å²) >= 11 is 0.